The van der Waals surface area contributed by atoms with E-state index in [9.17, 15) is 4.79 Å². The molecule has 0 atom stereocenters. The number of aryl methyl sites for hydroxylation is 1. The standard InChI is InChI=1S/C9H12O.C5H11NO2/c10-8-4-7-9-5-2-1-3-6-9;1-5(2,3)8-4(6)7/h1-3,5-6,10H,4,7-8H2;1-3H3,(H2,6,7). The van der Waals surface area contributed by atoms with E-state index in [0.717, 1.165) is 12.8 Å². The minimum atomic E-state index is -0.725. The number of ether oxygens (including phenoxy) is 1. The molecule has 18 heavy (non-hydrogen) atoms. The molecule has 3 N–H and O–H groups in total. The molecule has 4 nitrogen and oxygen atoms in total. The molecular formula is C14H23NO3. The second kappa shape index (κ2) is 8.53. The summed E-state index contributed by atoms with van der Waals surface area (Å²) in [5, 5.41) is 8.53. The lowest BCUT2D eigenvalue weighted by atomic mass is 10.1. The summed E-state index contributed by atoms with van der Waals surface area (Å²) in [6.45, 7) is 5.57. The van der Waals surface area contributed by atoms with Crippen LogP contribution >= 0.6 is 0 Å². The van der Waals surface area contributed by atoms with E-state index >= 15 is 0 Å². The Morgan fingerprint density at radius 1 is 1.28 bits per heavy atom. The quantitative estimate of drug-likeness (QED) is 0.869. The molecule has 0 aliphatic carbocycles. The highest BCUT2D eigenvalue weighted by atomic mass is 16.6. The Morgan fingerprint density at radius 3 is 2.17 bits per heavy atom. The van der Waals surface area contributed by atoms with Gasteiger partial charge in [-0.3, -0.25) is 0 Å². The van der Waals surface area contributed by atoms with Crippen LogP contribution in [0.4, 0.5) is 4.79 Å². The van der Waals surface area contributed by atoms with Gasteiger partial charge in [-0.05, 0) is 39.2 Å². The van der Waals surface area contributed by atoms with Crippen molar-refractivity contribution in [2.24, 2.45) is 5.73 Å². The molecule has 0 aromatic heterocycles. The van der Waals surface area contributed by atoms with Gasteiger partial charge in [-0.2, -0.15) is 0 Å². The van der Waals surface area contributed by atoms with Crippen molar-refractivity contribution < 1.29 is 14.6 Å². The summed E-state index contributed by atoms with van der Waals surface area (Å²) in [5.41, 5.74) is 5.57. The lowest BCUT2D eigenvalue weighted by molar-refractivity contribution is 0.0600. The third kappa shape index (κ3) is 11.0. The van der Waals surface area contributed by atoms with E-state index in [1.165, 1.54) is 5.56 Å². The number of carbonyl (C=O) groups excluding carboxylic acids is 1. The molecule has 0 saturated heterocycles. The highest BCUT2D eigenvalue weighted by Crippen LogP contribution is 2.04. The highest BCUT2D eigenvalue weighted by Gasteiger charge is 2.12. The average molecular weight is 253 g/mol. The van der Waals surface area contributed by atoms with Crippen LogP contribution in [0.15, 0.2) is 30.3 Å². The van der Waals surface area contributed by atoms with Gasteiger partial charge in [0.2, 0.25) is 0 Å². The lowest BCUT2D eigenvalue weighted by Gasteiger charge is -2.16. The molecule has 0 saturated carbocycles. The van der Waals surface area contributed by atoms with Crippen LogP contribution in [0.5, 0.6) is 0 Å². The molecule has 0 spiro atoms. The molecule has 0 aliphatic rings. The maximum atomic E-state index is 10.0. The van der Waals surface area contributed by atoms with Crippen LogP contribution in [0, 0.1) is 0 Å². The molecule has 1 amide bonds. The van der Waals surface area contributed by atoms with Crippen LogP contribution in [0.2, 0.25) is 0 Å². The molecule has 0 heterocycles. The third-order valence-electron chi connectivity index (χ3n) is 1.87. The van der Waals surface area contributed by atoms with Crippen molar-refractivity contribution in [3.63, 3.8) is 0 Å². The zero-order valence-corrected chi connectivity index (χ0v) is 11.3. The minimum Gasteiger partial charge on any atom is -0.444 e. The van der Waals surface area contributed by atoms with Crippen LogP contribution in [0.25, 0.3) is 0 Å². The van der Waals surface area contributed by atoms with Crippen LogP contribution in [0.3, 0.4) is 0 Å². The van der Waals surface area contributed by atoms with E-state index < -0.39 is 11.7 Å². The highest BCUT2D eigenvalue weighted by molar-refractivity contribution is 5.65. The molecule has 4 heteroatoms. The summed E-state index contributed by atoms with van der Waals surface area (Å²) in [6, 6.07) is 10.2. The first-order valence-electron chi connectivity index (χ1n) is 5.98. The Bertz CT molecular complexity index is 331. The van der Waals surface area contributed by atoms with Crippen molar-refractivity contribution in [1.82, 2.24) is 0 Å². The normalized spacial score (nSPS) is 10.2. The van der Waals surface area contributed by atoms with Gasteiger partial charge in [0.05, 0.1) is 0 Å². The number of rotatable bonds is 3. The Balaban J connectivity index is 0.000000331. The first kappa shape index (κ1) is 16.4. The zero-order valence-electron chi connectivity index (χ0n) is 11.3. The molecule has 102 valence electrons. The van der Waals surface area contributed by atoms with Crippen molar-refractivity contribution in [3.8, 4) is 0 Å². The smallest absolute Gasteiger partial charge is 0.405 e. The van der Waals surface area contributed by atoms with E-state index in [2.05, 4.69) is 16.9 Å². The first-order chi connectivity index (χ1) is 8.35. The minimum absolute atomic E-state index is 0.287. The summed E-state index contributed by atoms with van der Waals surface area (Å²) < 4.78 is 4.58. The monoisotopic (exact) mass is 253 g/mol. The number of carbonyl (C=O) groups is 1. The molecule has 0 unspecified atom stereocenters. The Morgan fingerprint density at radius 2 is 1.83 bits per heavy atom. The summed E-state index contributed by atoms with van der Waals surface area (Å²) in [7, 11) is 0. The predicted octanol–water partition coefficient (Wildman–Crippen LogP) is 2.49. The van der Waals surface area contributed by atoms with Crippen molar-refractivity contribution in [1.29, 1.82) is 0 Å². The molecule has 0 fully saturated rings. The fourth-order valence-electron chi connectivity index (χ4n) is 1.23. The molecule has 0 aliphatic heterocycles. The van der Waals surface area contributed by atoms with Crippen molar-refractivity contribution in [2.45, 2.75) is 39.2 Å². The maximum Gasteiger partial charge on any atom is 0.405 e. The van der Waals surface area contributed by atoms with Gasteiger partial charge in [0.15, 0.2) is 0 Å². The molecule has 0 radical (unpaired) electrons. The Hall–Kier alpha value is -1.55. The lowest BCUT2D eigenvalue weighted by Crippen LogP contribution is -2.27. The third-order valence-corrected chi connectivity index (χ3v) is 1.87. The first-order valence-corrected chi connectivity index (χ1v) is 5.98. The molecule has 1 rings (SSSR count). The number of nitrogens with two attached hydrogens (primary N) is 1. The van der Waals surface area contributed by atoms with E-state index in [1.54, 1.807) is 20.8 Å². The number of hydrogen-bond donors (Lipinski definition) is 2. The number of aliphatic hydroxyl groups is 1. The zero-order chi connectivity index (χ0) is 14.0. The van der Waals surface area contributed by atoms with Crippen molar-refractivity contribution in [3.05, 3.63) is 35.9 Å². The number of primary amides is 1. The maximum absolute atomic E-state index is 10.0. The van der Waals surface area contributed by atoms with Gasteiger partial charge in [0.25, 0.3) is 0 Å². The van der Waals surface area contributed by atoms with Crippen LogP contribution in [-0.2, 0) is 11.2 Å². The summed E-state index contributed by atoms with van der Waals surface area (Å²) >= 11 is 0. The topological polar surface area (TPSA) is 72.5 Å². The van der Waals surface area contributed by atoms with Crippen LogP contribution in [-0.4, -0.2) is 23.4 Å². The fourth-order valence-corrected chi connectivity index (χ4v) is 1.23. The van der Waals surface area contributed by atoms with Gasteiger partial charge < -0.3 is 15.6 Å². The summed E-state index contributed by atoms with van der Waals surface area (Å²) in [6.07, 6.45) is 1.12. The molecule has 1 aromatic rings. The number of amides is 1. The second-order valence-corrected chi connectivity index (χ2v) is 4.85. The van der Waals surface area contributed by atoms with E-state index in [4.69, 9.17) is 10.8 Å². The molecular weight excluding hydrogens is 230 g/mol. The van der Waals surface area contributed by atoms with Crippen LogP contribution in [0.1, 0.15) is 32.8 Å². The van der Waals surface area contributed by atoms with Gasteiger partial charge >= 0.3 is 6.09 Å². The summed E-state index contributed by atoms with van der Waals surface area (Å²) in [4.78, 5) is 10.0. The fraction of sp³-hybridized carbons (Fsp3) is 0.500. The van der Waals surface area contributed by atoms with E-state index in [-0.39, 0.29) is 6.61 Å². The van der Waals surface area contributed by atoms with Gasteiger partial charge in [-0.1, -0.05) is 30.3 Å². The SMILES string of the molecule is CC(C)(C)OC(N)=O.OCCCc1ccccc1. The number of benzene rings is 1. The van der Waals surface area contributed by atoms with Crippen molar-refractivity contribution >= 4 is 6.09 Å². The average Bonchev–Trinajstić information content (AvgIpc) is 2.25. The van der Waals surface area contributed by atoms with Gasteiger partial charge in [0, 0.05) is 6.61 Å². The largest absolute Gasteiger partial charge is 0.444 e. The number of hydrogen-bond acceptors (Lipinski definition) is 3. The van der Waals surface area contributed by atoms with Gasteiger partial charge in [-0.25, -0.2) is 4.79 Å². The Labute approximate surface area is 109 Å². The number of aliphatic hydroxyl groups excluding tert-OH is 1. The van der Waals surface area contributed by atoms with Gasteiger partial charge in [0.1, 0.15) is 5.60 Å². The second-order valence-electron chi connectivity index (χ2n) is 4.85. The Kier molecular flexibility index (Phi) is 7.79. The molecule has 1 aromatic carbocycles. The van der Waals surface area contributed by atoms with Crippen LogP contribution < -0.4 is 5.73 Å². The predicted molar refractivity (Wildman–Crippen MR) is 72.3 cm³/mol. The summed E-state index contributed by atoms with van der Waals surface area (Å²) in [5.74, 6) is 0. The van der Waals surface area contributed by atoms with E-state index in [0.29, 0.717) is 0 Å². The van der Waals surface area contributed by atoms with Crippen molar-refractivity contribution in [2.75, 3.05) is 6.61 Å². The molecule has 0 bridgehead atoms. The van der Waals surface area contributed by atoms with E-state index in [1.807, 2.05) is 18.2 Å². The van der Waals surface area contributed by atoms with Gasteiger partial charge in [-0.15, -0.1) is 0 Å².